The Morgan fingerprint density at radius 3 is 2.76 bits per heavy atom. The lowest BCUT2D eigenvalue weighted by molar-refractivity contribution is 0.183. The van der Waals surface area contributed by atoms with Gasteiger partial charge in [-0.25, -0.2) is 8.78 Å². The van der Waals surface area contributed by atoms with Crippen molar-refractivity contribution >= 4 is 11.8 Å². The van der Waals surface area contributed by atoms with Crippen molar-refractivity contribution in [3.8, 4) is 5.75 Å². The molecule has 0 bridgehead atoms. The molecule has 2 atom stereocenters. The summed E-state index contributed by atoms with van der Waals surface area (Å²) in [4.78, 5) is 1.04. The van der Waals surface area contributed by atoms with Gasteiger partial charge in [0.15, 0.2) is 11.6 Å². The highest BCUT2D eigenvalue weighted by atomic mass is 32.2. The van der Waals surface area contributed by atoms with Gasteiger partial charge in [0.2, 0.25) is 0 Å². The van der Waals surface area contributed by atoms with Crippen molar-refractivity contribution in [1.82, 2.24) is 0 Å². The minimum Gasteiger partial charge on any atom is -0.486 e. The molecule has 2 aromatic rings. The van der Waals surface area contributed by atoms with Gasteiger partial charge in [0.25, 0.3) is 0 Å². The lowest BCUT2D eigenvalue weighted by Gasteiger charge is -2.30. The van der Waals surface area contributed by atoms with Crippen molar-refractivity contribution in [2.75, 3.05) is 5.75 Å². The second kappa shape index (κ2) is 5.66. The van der Waals surface area contributed by atoms with Crippen LogP contribution < -0.4 is 10.5 Å². The Hall–Kier alpha value is -1.59. The SMILES string of the molecule is Cc1ccc(C(N)C2CSc3ccccc3O2)c(F)c1F. The van der Waals surface area contributed by atoms with E-state index in [4.69, 9.17) is 10.5 Å². The Kier molecular flexibility index (Phi) is 3.87. The van der Waals surface area contributed by atoms with Gasteiger partial charge in [-0.3, -0.25) is 0 Å². The van der Waals surface area contributed by atoms with E-state index in [1.165, 1.54) is 19.1 Å². The average molecular weight is 307 g/mol. The number of rotatable bonds is 2. The van der Waals surface area contributed by atoms with Crippen LogP contribution in [-0.4, -0.2) is 11.9 Å². The molecule has 2 nitrogen and oxygen atoms in total. The summed E-state index contributed by atoms with van der Waals surface area (Å²) in [5.74, 6) is -0.378. The monoisotopic (exact) mass is 307 g/mol. The maximum absolute atomic E-state index is 14.0. The molecule has 0 saturated heterocycles. The zero-order valence-electron chi connectivity index (χ0n) is 11.5. The van der Waals surface area contributed by atoms with Crippen molar-refractivity contribution in [2.24, 2.45) is 5.73 Å². The van der Waals surface area contributed by atoms with Crippen LogP contribution >= 0.6 is 11.8 Å². The molecule has 1 heterocycles. The second-order valence-electron chi connectivity index (χ2n) is 5.04. The van der Waals surface area contributed by atoms with Gasteiger partial charge in [0.05, 0.1) is 6.04 Å². The van der Waals surface area contributed by atoms with Crippen LogP contribution in [0.3, 0.4) is 0 Å². The van der Waals surface area contributed by atoms with Gasteiger partial charge in [0.1, 0.15) is 11.9 Å². The minimum absolute atomic E-state index is 0.156. The van der Waals surface area contributed by atoms with E-state index in [0.717, 1.165) is 10.6 Å². The van der Waals surface area contributed by atoms with E-state index >= 15 is 0 Å². The highest BCUT2D eigenvalue weighted by Gasteiger charge is 2.29. The standard InChI is InChI=1S/C16H15F2NOS/c1-9-6-7-10(15(18)14(9)17)16(19)12-8-21-13-5-3-2-4-11(13)20-12/h2-7,12,16H,8,19H2,1H3. The van der Waals surface area contributed by atoms with E-state index in [2.05, 4.69) is 0 Å². The number of fused-ring (bicyclic) bond motifs is 1. The molecule has 2 aromatic carbocycles. The van der Waals surface area contributed by atoms with Crippen LogP contribution in [0.25, 0.3) is 0 Å². The minimum atomic E-state index is -0.880. The summed E-state index contributed by atoms with van der Waals surface area (Å²) < 4.78 is 33.6. The molecule has 1 aliphatic rings. The average Bonchev–Trinajstić information content (AvgIpc) is 2.52. The second-order valence-corrected chi connectivity index (χ2v) is 6.10. The Labute approximate surface area is 126 Å². The zero-order valence-corrected chi connectivity index (χ0v) is 12.3. The molecule has 2 unspecified atom stereocenters. The third kappa shape index (κ3) is 2.63. The lowest BCUT2D eigenvalue weighted by Crippen LogP contribution is -2.36. The molecular weight excluding hydrogens is 292 g/mol. The quantitative estimate of drug-likeness (QED) is 0.916. The number of benzene rings is 2. The summed E-state index contributed by atoms with van der Waals surface area (Å²) in [7, 11) is 0. The Morgan fingerprint density at radius 2 is 1.95 bits per heavy atom. The first-order chi connectivity index (χ1) is 10.1. The van der Waals surface area contributed by atoms with Crippen LogP contribution in [-0.2, 0) is 0 Å². The molecule has 21 heavy (non-hydrogen) atoms. The third-order valence-corrected chi connectivity index (χ3v) is 4.74. The maximum atomic E-state index is 14.0. The van der Waals surface area contributed by atoms with E-state index in [0.29, 0.717) is 5.75 Å². The van der Waals surface area contributed by atoms with Gasteiger partial charge in [-0.1, -0.05) is 24.3 Å². The number of ether oxygens (including phenoxy) is 1. The lowest BCUT2D eigenvalue weighted by atomic mass is 10.0. The van der Waals surface area contributed by atoms with Gasteiger partial charge in [-0.15, -0.1) is 11.8 Å². The van der Waals surface area contributed by atoms with Gasteiger partial charge in [-0.05, 0) is 24.6 Å². The first kappa shape index (κ1) is 14.4. The molecule has 1 aliphatic heterocycles. The molecule has 3 rings (SSSR count). The highest BCUT2D eigenvalue weighted by molar-refractivity contribution is 7.99. The predicted octanol–water partition coefficient (Wildman–Crippen LogP) is 3.83. The first-order valence-corrected chi connectivity index (χ1v) is 7.65. The van der Waals surface area contributed by atoms with E-state index in [1.807, 2.05) is 24.3 Å². The molecule has 0 saturated carbocycles. The summed E-state index contributed by atoms with van der Waals surface area (Å²) in [6.07, 6.45) is -0.387. The fourth-order valence-electron chi connectivity index (χ4n) is 2.33. The number of nitrogens with two attached hydrogens (primary N) is 1. The van der Waals surface area contributed by atoms with Crippen LogP contribution in [0.5, 0.6) is 5.75 Å². The zero-order chi connectivity index (χ0) is 15.0. The molecular formula is C16H15F2NOS. The molecule has 0 aliphatic carbocycles. The van der Waals surface area contributed by atoms with Crippen LogP contribution in [0.1, 0.15) is 17.2 Å². The molecule has 5 heteroatoms. The number of halogens is 2. The van der Waals surface area contributed by atoms with Crippen molar-refractivity contribution in [3.63, 3.8) is 0 Å². The van der Waals surface area contributed by atoms with Crippen LogP contribution in [0, 0.1) is 18.6 Å². The van der Waals surface area contributed by atoms with Gasteiger partial charge in [-0.2, -0.15) is 0 Å². The summed E-state index contributed by atoms with van der Waals surface area (Å²) in [5.41, 5.74) is 6.53. The molecule has 0 fully saturated rings. The molecule has 0 spiro atoms. The van der Waals surface area contributed by atoms with E-state index < -0.39 is 17.7 Å². The molecule has 0 amide bonds. The summed E-state index contributed by atoms with van der Waals surface area (Å²) in [5, 5.41) is 0. The maximum Gasteiger partial charge on any atom is 0.164 e. The number of hydrogen-bond acceptors (Lipinski definition) is 3. The molecule has 2 N–H and O–H groups in total. The smallest absolute Gasteiger partial charge is 0.164 e. The first-order valence-electron chi connectivity index (χ1n) is 6.66. The van der Waals surface area contributed by atoms with Gasteiger partial charge >= 0.3 is 0 Å². The van der Waals surface area contributed by atoms with Crippen molar-refractivity contribution in [3.05, 3.63) is 59.2 Å². The highest BCUT2D eigenvalue weighted by Crippen LogP contribution is 2.38. The largest absolute Gasteiger partial charge is 0.486 e. The number of thioether (sulfide) groups is 1. The van der Waals surface area contributed by atoms with Crippen molar-refractivity contribution in [1.29, 1.82) is 0 Å². The Bertz CT molecular complexity index is 677. The third-order valence-electron chi connectivity index (χ3n) is 3.60. The summed E-state index contributed by atoms with van der Waals surface area (Å²) >= 11 is 1.61. The van der Waals surface area contributed by atoms with E-state index in [-0.39, 0.29) is 17.2 Å². The fourth-order valence-corrected chi connectivity index (χ4v) is 3.38. The Balaban J connectivity index is 1.87. The number of para-hydroxylation sites is 1. The molecule has 110 valence electrons. The van der Waals surface area contributed by atoms with E-state index in [1.54, 1.807) is 11.8 Å². The van der Waals surface area contributed by atoms with Crippen molar-refractivity contribution < 1.29 is 13.5 Å². The topological polar surface area (TPSA) is 35.2 Å². The van der Waals surface area contributed by atoms with Gasteiger partial charge in [0, 0.05) is 16.2 Å². The van der Waals surface area contributed by atoms with Gasteiger partial charge < -0.3 is 10.5 Å². The number of hydrogen-bond donors (Lipinski definition) is 1. The van der Waals surface area contributed by atoms with E-state index in [9.17, 15) is 8.78 Å². The summed E-state index contributed by atoms with van der Waals surface area (Å²) in [6, 6.07) is 10.00. The van der Waals surface area contributed by atoms with Crippen molar-refractivity contribution in [2.45, 2.75) is 24.0 Å². The van der Waals surface area contributed by atoms with Crippen LogP contribution in [0.2, 0.25) is 0 Å². The molecule has 0 radical (unpaired) electrons. The summed E-state index contributed by atoms with van der Waals surface area (Å²) in [6.45, 7) is 1.52. The van der Waals surface area contributed by atoms with Crippen LogP contribution in [0.15, 0.2) is 41.3 Å². The fraction of sp³-hybridized carbons (Fsp3) is 0.250. The predicted molar refractivity (Wildman–Crippen MR) is 79.6 cm³/mol. The molecule has 0 aromatic heterocycles. The number of aryl methyl sites for hydroxylation is 1. The Morgan fingerprint density at radius 1 is 1.19 bits per heavy atom. The van der Waals surface area contributed by atoms with Crippen LogP contribution in [0.4, 0.5) is 8.78 Å². The normalized spacial score (nSPS) is 18.8.